The first-order chi connectivity index (χ1) is 7.61. The minimum Gasteiger partial charge on any atom is -0.314 e. The fourth-order valence-electron chi connectivity index (χ4n) is 2.20. The molecule has 4 nitrogen and oxygen atoms in total. The average molecular weight is 226 g/mol. The Morgan fingerprint density at radius 1 is 1.62 bits per heavy atom. The summed E-state index contributed by atoms with van der Waals surface area (Å²) < 4.78 is 16.2. The average Bonchev–Trinajstić information content (AvgIpc) is 2.66. The molecule has 0 spiro atoms. The lowest BCUT2D eigenvalue weighted by Crippen LogP contribution is -2.44. The van der Waals surface area contributed by atoms with Gasteiger partial charge in [-0.3, -0.25) is 0 Å². The van der Waals surface area contributed by atoms with E-state index in [-0.39, 0.29) is 6.04 Å². The van der Waals surface area contributed by atoms with E-state index < -0.39 is 5.67 Å². The third-order valence-corrected chi connectivity index (χ3v) is 3.03. The van der Waals surface area contributed by atoms with Gasteiger partial charge in [-0.25, -0.2) is 14.1 Å². The summed E-state index contributed by atoms with van der Waals surface area (Å²) in [5.74, 6) is 0.751. The zero-order valence-electron chi connectivity index (χ0n) is 9.91. The van der Waals surface area contributed by atoms with Gasteiger partial charge in [-0.1, -0.05) is 0 Å². The summed E-state index contributed by atoms with van der Waals surface area (Å²) in [5.41, 5.74) is -1.15. The Kier molecular flexibility index (Phi) is 3.23. The van der Waals surface area contributed by atoms with Crippen LogP contribution in [-0.2, 0) is 6.42 Å². The number of alkyl halides is 1. The molecule has 0 saturated carbocycles. The van der Waals surface area contributed by atoms with Crippen LogP contribution >= 0.6 is 0 Å². The van der Waals surface area contributed by atoms with Crippen molar-refractivity contribution in [3.05, 3.63) is 12.2 Å². The van der Waals surface area contributed by atoms with Crippen molar-refractivity contribution < 1.29 is 4.39 Å². The number of nitrogens with zero attached hydrogens (tertiary/aromatic N) is 3. The van der Waals surface area contributed by atoms with Crippen molar-refractivity contribution in [2.75, 3.05) is 13.1 Å². The van der Waals surface area contributed by atoms with Crippen LogP contribution in [0.2, 0.25) is 0 Å². The predicted octanol–water partition coefficient (Wildman–Crippen LogP) is 1.49. The Hall–Kier alpha value is -0.970. The van der Waals surface area contributed by atoms with Gasteiger partial charge in [0.2, 0.25) is 0 Å². The number of halogens is 1. The fourth-order valence-corrected chi connectivity index (χ4v) is 2.20. The fraction of sp³-hybridized carbons (Fsp3) is 0.818. The summed E-state index contributed by atoms with van der Waals surface area (Å²) in [7, 11) is 0. The normalized spacial score (nSPS) is 26.2. The number of hydrogen-bond acceptors (Lipinski definition) is 3. The quantitative estimate of drug-likeness (QED) is 0.849. The Morgan fingerprint density at radius 3 is 3.06 bits per heavy atom. The van der Waals surface area contributed by atoms with E-state index in [4.69, 9.17) is 0 Å². The molecule has 0 radical (unpaired) electrons. The summed E-state index contributed by atoms with van der Waals surface area (Å²) >= 11 is 0. The van der Waals surface area contributed by atoms with Crippen LogP contribution in [0.3, 0.4) is 0 Å². The van der Waals surface area contributed by atoms with Gasteiger partial charge in [0.25, 0.3) is 0 Å². The van der Waals surface area contributed by atoms with Crippen molar-refractivity contribution >= 4 is 0 Å². The summed E-state index contributed by atoms with van der Waals surface area (Å²) in [6, 6.07) is 0.234. The molecule has 1 atom stereocenters. The number of nitrogens with one attached hydrogen (secondary N) is 1. The van der Waals surface area contributed by atoms with Gasteiger partial charge in [0.1, 0.15) is 17.8 Å². The molecule has 1 saturated heterocycles. The Morgan fingerprint density at radius 2 is 2.44 bits per heavy atom. The van der Waals surface area contributed by atoms with Crippen molar-refractivity contribution in [1.82, 2.24) is 20.1 Å². The molecule has 1 unspecified atom stereocenters. The molecular weight excluding hydrogens is 207 g/mol. The van der Waals surface area contributed by atoms with Gasteiger partial charge >= 0.3 is 0 Å². The largest absolute Gasteiger partial charge is 0.314 e. The molecule has 1 aliphatic heterocycles. The number of hydrogen-bond donors (Lipinski definition) is 1. The minimum absolute atomic E-state index is 0.234. The van der Waals surface area contributed by atoms with E-state index >= 15 is 0 Å². The van der Waals surface area contributed by atoms with E-state index in [2.05, 4.69) is 15.4 Å². The number of aromatic nitrogens is 3. The highest BCUT2D eigenvalue weighted by molar-refractivity contribution is 4.98. The highest BCUT2D eigenvalue weighted by Gasteiger charge is 2.33. The summed E-state index contributed by atoms with van der Waals surface area (Å²) in [6.07, 6.45) is 3.38. The molecule has 90 valence electrons. The van der Waals surface area contributed by atoms with E-state index in [9.17, 15) is 4.39 Å². The van der Waals surface area contributed by atoms with Crippen LogP contribution in [0.4, 0.5) is 4.39 Å². The van der Waals surface area contributed by atoms with Crippen molar-refractivity contribution in [3.8, 4) is 0 Å². The molecule has 1 aromatic rings. The molecule has 2 heterocycles. The Balaban J connectivity index is 2.10. The van der Waals surface area contributed by atoms with Gasteiger partial charge in [0.15, 0.2) is 0 Å². The lowest BCUT2D eigenvalue weighted by Gasteiger charge is -2.30. The van der Waals surface area contributed by atoms with Crippen molar-refractivity contribution in [2.45, 2.75) is 44.8 Å². The highest BCUT2D eigenvalue weighted by Crippen LogP contribution is 2.25. The lowest BCUT2D eigenvalue weighted by molar-refractivity contribution is 0.118. The molecule has 0 aliphatic carbocycles. The Labute approximate surface area is 95.3 Å². The van der Waals surface area contributed by atoms with Gasteiger partial charge in [0, 0.05) is 19.0 Å². The second kappa shape index (κ2) is 4.49. The molecule has 0 aromatic carbocycles. The number of piperidine rings is 1. The van der Waals surface area contributed by atoms with Crippen LogP contribution in [0.1, 0.15) is 38.6 Å². The predicted molar refractivity (Wildman–Crippen MR) is 60.1 cm³/mol. The van der Waals surface area contributed by atoms with Gasteiger partial charge < -0.3 is 5.32 Å². The lowest BCUT2D eigenvalue weighted by atomic mass is 9.92. The van der Waals surface area contributed by atoms with Crippen LogP contribution in [0.25, 0.3) is 0 Å². The molecule has 0 bridgehead atoms. The van der Waals surface area contributed by atoms with Crippen LogP contribution in [0.5, 0.6) is 0 Å². The molecule has 1 fully saturated rings. The maximum Gasteiger partial charge on any atom is 0.138 e. The first-order valence-electron chi connectivity index (χ1n) is 5.89. The highest BCUT2D eigenvalue weighted by atomic mass is 19.1. The summed E-state index contributed by atoms with van der Waals surface area (Å²) in [4.78, 5) is 4.16. The third-order valence-electron chi connectivity index (χ3n) is 3.03. The zero-order chi connectivity index (χ0) is 11.6. The zero-order valence-corrected chi connectivity index (χ0v) is 9.91. The van der Waals surface area contributed by atoms with Crippen LogP contribution in [-0.4, -0.2) is 33.5 Å². The number of rotatable bonds is 3. The molecule has 1 aliphatic rings. The molecule has 1 N–H and O–H groups in total. The van der Waals surface area contributed by atoms with Crippen LogP contribution in [0, 0.1) is 0 Å². The van der Waals surface area contributed by atoms with E-state index in [0.717, 1.165) is 18.8 Å². The first kappa shape index (κ1) is 11.5. The summed E-state index contributed by atoms with van der Waals surface area (Å²) in [6.45, 7) is 5.41. The van der Waals surface area contributed by atoms with Crippen molar-refractivity contribution in [3.63, 3.8) is 0 Å². The third kappa shape index (κ3) is 2.40. The van der Waals surface area contributed by atoms with Gasteiger partial charge in [-0.15, -0.1) is 0 Å². The standard InChI is InChI=1S/C11H19FN4/c1-9(2)16-10(14-8-15-16)6-11(12)4-3-5-13-7-11/h8-9,13H,3-7H2,1-2H3. The second-order valence-corrected chi connectivity index (χ2v) is 4.82. The molecule has 5 heteroatoms. The van der Waals surface area contributed by atoms with Crippen LogP contribution in [0.15, 0.2) is 6.33 Å². The minimum atomic E-state index is -1.15. The van der Waals surface area contributed by atoms with E-state index in [1.165, 1.54) is 6.33 Å². The SMILES string of the molecule is CC(C)n1ncnc1CC1(F)CCCNC1. The maximum atomic E-state index is 14.4. The molecular formula is C11H19FN4. The van der Waals surface area contributed by atoms with Crippen molar-refractivity contribution in [2.24, 2.45) is 0 Å². The maximum absolute atomic E-state index is 14.4. The van der Waals surface area contributed by atoms with E-state index in [1.807, 2.05) is 13.8 Å². The molecule has 0 amide bonds. The van der Waals surface area contributed by atoms with Gasteiger partial charge in [-0.2, -0.15) is 5.10 Å². The van der Waals surface area contributed by atoms with Gasteiger partial charge in [-0.05, 0) is 33.2 Å². The molecule has 16 heavy (non-hydrogen) atoms. The molecule has 2 rings (SSSR count). The summed E-state index contributed by atoms with van der Waals surface area (Å²) in [5, 5.41) is 7.23. The molecule has 1 aromatic heterocycles. The van der Waals surface area contributed by atoms with E-state index in [0.29, 0.717) is 19.4 Å². The monoisotopic (exact) mass is 226 g/mol. The van der Waals surface area contributed by atoms with Crippen LogP contribution < -0.4 is 5.32 Å². The first-order valence-corrected chi connectivity index (χ1v) is 5.89. The van der Waals surface area contributed by atoms with E-state index in [1.54, 1.807) is 4.68 Å². The Bertz CT molecular complexity index is 342. The van der Waals surface area contributed by atoms with Crippen molar-refractivity contribution in [1.29, 1.82) is 0 Å². The smallest absolute Gasteiger partial charge is 0.138 e. The second-order valence-electron chi connectivity index (χ2n) is 4.82. The van der Waals surface area contributed by atoms with Gasteiger partial charge in [0.05, 0.1) is 0 Å². The topological polar surface area (TPSA) is 42.7 Å².